The predicted octanol–water partition coefficient (Wildman–Crippen LogP) is 1.48. The van der Waals surface area contributed by atoms with Crippen LogP contribution in [0.5, 0.6) is 0 Å². The highest BCUT2D eigenvalue weighted by molar-refractivity contribution is 5.75. The Bertz CT molecular complexity index is 260. The summed E-state index contributed by atoms with van der Waals surface area (Å²) in [6, 6.07) is 0.568. The van der Waals surface area contributed by atoms with Gasteiger partial charge in [0.15, 0.2) is 0 Å². The maximum Gasteiger partial charge on any atom is 0.231 e. The Morgan fingerprint density at radius 1 is 1.33 bits per heavy atom. The molecule has 0 bridgehead atoms. The van der Waals surface area contributed by atoms with E-state index in [0.717, 1.165) is 19.4 Å². The first kappa shape index (κ1) is 15.4. The van der Waals surface area contributed by atoms with Crippen LogP contribution in [-0.4, -0.2) is 36.5 Å². The number of hydrogen-bond acceptors (Lipinski definition) is 3. The lowest BCUT2D eigenvalue weighted by molar-refractivity contribution is -0.119. The van der Waals surface area contributed by atoms with Gasteiger partial charge in [-0.1, -0.05) is 26.7 Å². The van der Waals surface area contributed by atoms with E-state index in [-0.39, 0.29) is 11.3 Å². The van der Waals surface area contributed by atoms with Crippen LogP contribution in [0.15, 0.2) is 0 Å². The summed E-state index contributed by atoms with van der Waals surface area (Å²) >= 11 is 0. The van der Waals surface area contributed by atoms with Gasteiger partial charge in [0.25, 0.3) is 0 Å². The van der Waals surface area contributed by atoms with Gasteiger partial charge in [-0.05, 0) is 44.2 Å². The molecule has 0 aromatic rings. The molecule has 0 spiro atoms. The molecular formula is C14H29N3O. The first-order chi connectivity index (χ1) is 8.44. The fraction of sp³-hybridized carbons (Fsp3) is 0.929. The second kappa shape index (κ2) is 7.10. The molecule has 0 aromatic carbocycles. The fourth-order valence-electron chi connectivity index (χ4n) is 2.72. The molecule has 4 nitrogen and oxygen atoms in total. The van der Waals surface area contributed by atoms with Crippen molar-refractivity contribution in [1.82, 2.24) is 4.90 Å². The number of hydrogen-bond donors (Lipinski definition) is 2. The molecule has 1 aliphatic carbocycles. The van der Waals surface area contributed by atoms with E-state index in [2.05, 4.69) is 18.7 Å². The first-order valence-electron chi connectivity index (χ1n) is 7.17. The molecule has 1 saturated carbocycles. The number of nitrogens with two attached hydrogens (primary N) is 2. The van der Waals surface area contributed by atoms with Gasteiger partial charge < -0.3 is 11.5 Å². The third-order valence-electron chi connectivity index (χ3n) is 4.05. The van der Waals surface area contributed by atoms with Crippen LogP contribution in [0.3, 0.4) is 0 Å². The molecule has 1 fully saturated rings. The van der Waals surface area contributed by atoms with E-state index in [9.17, 15) is 4.79 Å². The zero-order chi connectivity index (χ0) is 13.6. The third kappa shape index (κ3) is 5.36. The van der Waals surface area contributed by atoms with Crippen LogP contribution in [0.25, 0.3) is 0 Å². The maximum absolute atomic E-state index is 11.1. The van der Waals surface area contributed by atoms with Gasteiger partial charge in [0, 0.05) is 6.04 Å². The second-order valence-corrected chi connectivity index (χ2v) is 6.35. The van der Waals surface area contributed by atoms with Crippen LogP contribution in [-0.2, 0) is 4.79 Å². The quantitative estimate of drug-likeness (QED) is 0.690. The van der Waals surface area contributed by atoms with Crippen molar-refractivity contribution in [1.29, 1.82) is 0 Å². The minimum absolute atomic E-state index is 0.202. The van der Waals surface area contributed by atoms with Crippen LogP contribution >= 0.6 is 0 Å². The number of nitrogens with zero attached hydrogens (tertiary/aromatic N) is 1. The van der Waals surface area contributed by atoms with Crippen molar-refractivity contribution < 1.29 is 4.79 Å². The molecule has 106 valence electrons. The van der Waals surface area contributed by atoms with E-state index in [0.29, 0.717) is 19.1 Å². The van der Waals surface area contributed by atoms with Crippen molar-refractivity contribution in [3.05, 3.63) is 0 Å². The van der Waals surface area contributed by atoms with Crippen molar-refractivity contribution in [3.63, 3.8) is 0 Å². The lowest BCUT2D eigenvalue weighted by atomic mass is 9.88. The van der Waals surface area contributed by atoms with Crippen molar-refractivity contribution in [2.45, 2.75) is 58.4 Å². The summed E-state index contributed by atoms with van der Waals surface area (Å²) in [4.78, 5) is 13.4. The molecule has 0 aromatic heterocycles. The lowest BCUT2D eigenvalue weighted by Crippen LogP contribution is -2.41. The highest BCUT2D eigenvalue weighted by atomic mass is 16.1. The standard InChI is InChI=1S/C14H29N3O/c1-14(2,11-15)8-5-9-17(10-13(16)18)12-6-3-4-7-12/h12H,3-11,15H2,1-2H3,(H2,16,18). The highest BCUT2D eigenvalue weighted by Gasteiger charge is 2.24. The molecule has 0 atom stereocenters. The highest BCUT2D eigenvalue weighted by Crippen LogP contribution is 2.25. The molecule has 1 rings (SSSR count). The van der Waals surface area contributed by atoms with Gasteiger partial charge in [0.1, 0.15) is 0 Å². The molecule has 0 radical (unpaired) electrons. The van der Waals surface area contributed by atoms with Gasteiger partial charge in [-0.2, -0.15) is 0 Å². The molecule has 1 amide bonds. The molecule has 0 saturated heterocycles. The molecule has 0 unspecified atom stereocenters. The fourth-order valence-corrected chi connectivity index (χ4v) is 2.72. The molecule has 0 heterocycles. The van der Waals surface area contributed by atoms with E-state index < -0.39 is 0 Å². The predicted molar refractivity (Wildman–Crippen MR) is 75.1 cm³/mol. The third-order valence-corrected chi connectivity index (χ3v) is 4.05. The Labute approximate surface area is 111 Å². The molecule has 18 heavy (non-hydrogen) atoms. The van der Waals surface area contributed by atoms with Crippen LogP contribution in [0, 0.1) is 5.41 Å². The minimum Gasteiger partial charge on any atom is -0.369 e. The number of carbonyl (C=O) groups is 1. The van der Waals surface area contributed by atoms with E-state index in [1.807, 2.05) is 0 Å². The number of carbonyl (C=O) groups excluding carboxylic acids is 1. The summed E-state index contributed by atoms with van der Waals surface area (Å²) in [6.07, 6.45) is 7.20. The minimum atomic E-state index is -0.208. The summed E-state index contributed by atoms with van der Waals surface area (Å²) in [7, 11) is 0. The van der Waals surface area contributed by atoms with E-state index >= 15 is 0 Å². The molecule has 4 heteroatoms. The number of rotatable bonds is 8. The molecule has 0 aliphatic heterocycles. The average Bonchev–Trinajstić information content (AvgIpc) is 2.80. The zero-order valence-electron chi connectivity index (χ0n) is 12.0. The van der Waals surface area contributed by atoms with Gasteiger partial charge >= 0.3 is 0 Å². The molecule has 4 N–H and O–H groups in total. The Kier molecular flexibility index (Phi) is 6.09. The van der Waals surface area contributed by atoms with Crippen molar-refractivity contribution in [2.24, 2.45) is 16.9 Å². The maximum atomic E-state index is 11.1. The Balaban J connectivity index is 2.38. The average molecular weight is 255 g/mol. The molecule has 1 aliphatic rings. The van der Waals surface area contributed by atoms with Crippen LogP contribution in [0.2, 0.25) is 0 Å². The van der Waals surface area contributed by atoms with Gasteiger partial charge in [-0.15, -0.1) is 0 Å². The summed E-state index contributed by atoms with van der Waals surface area (Å²) in [5.74, 6) is -0.208. The van der Waals surface area contributed by atoms with Crippen LogP contribution in [0.1, 0.15) is 52.4 Å². The Morgan fingerprint density at radius 2 is 1.94 bits per heavy atom. The first-order valence-corrected chi connectivity index (χ1v) is 7.17. The van der Waals surface area contributed by atoms with E-state index in [1.54, 1.807) is 0 Å². The van der Waals surface area contributed by atoms with Crippen molar-refractivity contribution in [3.8, 4) is 0 Å². The number of amides is 1. The monoisotopic (exact) mass is 255 g/mol. The number of primary amides is 1. The van der Waals surface area contributed by atoms with Crippen LogP contribution in [0.4, 0.5) is 0 Å². The summed E-state index contributed by atoms with van der Waals surface area (Å²) in [6.45, 7) is 6.49. The Morgan fingerprint density at radius 3 is 2.44 bits per heavy atom. The summed E-state index contributed by atoms with van der Waals surface area (Å²) in [5, 5.41) is 0. The largest absolute Gasteiger partial charge is 0.369 e. The van der Waals surface area contributed by atoms with E-state index in [1.165, 1.54) is 25.7 Å². The summed E-state index contributed by atoms with van der Waals surface area (Å²) in [5.41, 5.74) is 11.3. The SMILES string of the molecule is CC(C)(CN)CCCN(CC(N)=O)C1CCCC1. The van der Waals surface area contributed by atoms with Gasteiger partial charge in [0.05, 0.1) is 6.54 Å². The Hall–Kier alpha value is -0.610. The zero-order valence-corrected chi connectivity index (χ0v) is 12.0. The summed E-state index contributed by atoms with van der Waals surface area (Å²) < 4.78 is 0. The second-order valence-electron chi connectivity index (χ2n) is 6.35. The van der Waals surface area contributed by atoms with Gasteiger partial charge in [-0.3, -0.25) is 9.69 Å². The van der Waals surface area contributed by atoms with Gasteiger partial charge in [0.2, 0.25) is 5.91 Å². The lowest BCUT2D eigenvalue weighted by Gasteiger charge is -2.29. The molecular weight excluding hydrogens is 226 g/mol. The van der Waals surface area contributed by atoms with Crippen molar-refractivity contribution >= 4 is 5.91 Å². The van der Waals surface area contributed by atoms with Crippen molar-refractivity contribution in [2.75, 3.05) is 19.6 Å². The van der Waals surface area contributed by atoms with E-state index in [4.69, 9.17) is 11.5 Å². The van der Waals surface area contributed by atoms with Crippen LogP contribution < -0.4 is 11.5 Å². The topological polar surface area (TPSA) is 72.3 Å². The smallest absolute Gasteiger partial charge is 0.231 e. The normalized spacial score (nSPS) is 17.6. The van der Waals surface area contributed by atoms with Gasteiger partial charge in [-0.25, -0.2) is 0 Å².